The maximum Gasteiger partial charge on any atom is 0.220 e. The Bertz CT molecular complexity index is 182. The highest BCUT2D eigenvalue weighted by Crippen LogP contribution is 1.94. The van der Waals surface area contributed by atoms with Crippen molar-refractivity contribution >= 4 is 5.95 Å². The molecule has 1 N–H and O–H groups in total. The lowest BCUT2D eigenvalue weighted by Gasteiger charge is -1.98. The van der Waals surface area contributed by atoms with Crippen molar-refractivity contribution in [1.29, 1.82) is 0 Å². The predicted molar refractivity (Wildman–Crippen MR) is 41.9 cm³/mol. The molecule has 10 heavy (non-hydrogen) atoms. The van der Waals surface area contributed by atoms with Gasteiger partial charge in [-0.25, -0.2) is 4.68 Å². The molecule has 0 amide bonds. The summed E-state index contributed by atoms with van der Waals surface area (Å²) in [4.78, 5) is 3.95. The van der Waals surface area contributed by atoms with E-state index in [1.807, 2.05) is 14.0 Å². The Morgan fingerprint density at radius 1 is 1.70 bits per heavy atom. The van der Waals surface area contributed by atoms with Gasteiger partial charge in [-0.3, -0.25) is 0 Å². The highest BCUT2D eigenvalue weighted by Gasteiger charge is 1.93. The monoisotopic (exact) mass is 142 g/mol. The molecule has 4 heteroatoms. The highest BCUT2D eigenvalue weighted by molar-refractivity contribution is 5.21. The van der Waals surface area contributed by atoms with Gasteiger partial charge in [0, 0.05) is 13.6 Å². The molecule has 0 aromatic carbocycles. The summed E-state index contributed by atoms with van der Waals surface area (Å²) in [5.74, 6) is 0.817. The largest absolute Gasteiger partial charge is 0.355 e. The zero-order chi connectivity index (χ0) is 6.69. The number of hydrogen-bond donors (Lipinski definition) is 1. The molecular formula is C6H14N4. The average Bonchev–Trinajstić information content (AvgIpc) is 2.18. The van der Waals surface area contributed by atoms with E-state index in [0.29, 0.717) is 0 Å². The first-order chi connectivity index (χ1) is 4.34. The average molecular weight is 142 g/mol. The Balaban J connectivity index is 0.000000810. The quantitative estimate of drug-likeness (QED) is 0.666. The minimum atomic E-state index is 0. The Hall–Kier alpha value is -1.06. The summed E-state index contributed by atoms with van der Waals surface area (Å²) >= 11 is 0. The van der Waals surface area contributed by atoms with Gasteiger partial charge in [0.2, 0.25) is 5.95 Å². The molecular weight excluding hydrogens is 128 g/mol. The minimum Gasteiger partial charge on any atom is -0.355 e. The second-order valence-electron chi connectivity index (χ2n) is 1.74. The molecule has 0 spiro atoms. The number of anilines is 1. The first-order valence-corrected chi connectivity index (χ1v) is 2.92. The summed E-state index contributed by atoms with van der Waals surface area (Å²) in [5, 5.41) is 6.92. The van der Waals surface area contributed by atoms with Crippen LogP contribution in [0.5, 0.6) is 0 Å². The summed E-state index contributed by atoms with van der Waals surface area (Å²) in [7, 11) is 1.85. The fourth-order valence-corrected chi connectivity index (χ4v) is 0.614. The summed E-state index contributed by atoms with van der Waals surface area (Å²) in [5.41, 5.74) is 0. The number of rotatable bonds is 2. The van der Waals surface area contributed by atoms with Gasteiger partial charge in [-0.15, -0.1) is 0 Å². The lowest BCUT2D eigenvalue weighted by atomic mass is 10.7. The van der Waals surface area contributed by atoms with Gasteiger partial charge in [0.25, 0.3) is 0 Å². The fourth-order valence-electron chi connectivity index (χ4n) is 0.614. The van der Waals surface area contributed by atoms with E-state index in [-0.39, 0.29) is 7.43 Å². The SMILES string of the molecule is C.CCNc1ncnn1C. The van der Waals surface area contributed by atoms with E-state index in [0.717, 1.165) is 12.5 Å². The van der Waals surface area contributed by atoms with E-state index >= 15 is 0 Å². The lowest BCUT2D eigenvalue weighted by Crippen LogP contribution is -2.03. The van der Waals surface area contributed by atoms with Gasteiger partial charge >= 0.3 is 0 Å². The molecule has 1 aromatic heterocycles. The van der Waals surface area contributed by atoms with E-state index in [2.05, 4.69) is 15.4 Å². The molecule has 0 saturated carbocycles. The van der Waals surface area contributed by atoms with Gasteiger partial charge in [0.05, 0.1) is 0 Å². The van der Waals surface area contributed by atoms with Crippen molar-refractivity contribution in [3.05, 3.63) is 6.33 Å². The predicted octanol–water partition coefficient (Wildman–Crippen LogP) is 0.883. The first-order valence-electron chi connectivity index (χ1n) is 2.92. The molecule has 0 aliphatic rings. The van der Waals surface area contributed by atoms with Crippen molar-refractivity contribution in [2.75, 3.05) is 11.9 Å². The zero-order valence-electron chi connectivity index (χ0n) is 5.63. The summed E-state index contributed by atoms with van der Waals surface area (Å²) in [6.45, 7) is 2.90. The molecule has 1 heterocycles. The Labute approximate surface area is 61.3 Å². The molecule has 1 rings (SSSR count). The third-order valence-corrected chi connectivity index (χ3v) is 1.05. The van der Waals surface area contributed by atoms with E-state index < -0.39 is 0 Å². The molecule has 0 atom stereocenters. The fraction of sp³-hybridized carbons (Fsp3) is 0.667. The van der Waals surface area contributed by atoms with Crippen LogP contribution in [-0.4, -0.2) is 21.3 Å². The molecule has 0 bridgehead atoms. The van der Waals surface area contributed by atoms with E-state index in [4.69, 9.17) is 0 Å². The molecule has 0 fully saturated rings. The zero-order valence-corrected chi connectivity index (χ0v) is 5.63. The first kappa shape index (κ1) is 8.94. The second-order valence-corrected chi connectivity index (χ2v) is 1.74. The van der Waals surface area contributed by atoms with E-state index in [1.54, 1.807) is 4.68 Å². The maximum absolute atomic E-state index is 3.95. The van der Waals surface area contributed by atoms with Crippen LogP contribution in [0.4, 0.5) is 5.95 Å². The summed E-state index contributed by atoms with van der Waals surface area (Å²) < 4.78 is 1.70. The van der Waals surface area contributed by atoms with Crippen molar-refractivity contribution < 1.29 is 0 Å². The van der Waals surface area contributed by atoms with Gasteiger partial charge in [-0.2, -0.15) is 10.1 Å². The number of nitrogens with zero attached hydrogens (tertiary/aromatic N) is 3. The van der Waals surface area contributed by atoms with Crippen LogP contribution in [-0.2, 0) is 7.05 Å². The molecule has 0 radical (unpaired) electrons. The number of nitrogens with one attached hydrogen (secondary N) is 1. The molecule has 4 nitrogen and oxygen atoms in total. The van der Waals surface area contributed by atoms with Crippen LogP contribution in [0.25, 0.3) is 0 Å². The normalized spacial score (nSPS) is 8.60. The van der Waals surface area contributed by atoms with Crippen LogP contribution < -0.4 is 5.32 Å². The number of hydrogen-bond acceptors (Lipinski definition) is 3. The lowest BCUT2D eigenvalue weighted by molar-refractivity contribution is 0.769. The topological polar surface area (TPSA) is 42.7 Å². The van der Waals surface area contributed by atoms with Gasteiger partial charge in [-0.05, 0) is 6.92 Å². The van der Waals surface area contributed by atoms with Gasteiger partial charge in [0.15, 0.2) is 0 Å². The molecule has 1 aromatic rings. The molecule has 0 saturated heterocycles. The van der Waals surface area contributed by atoms with Crippen molar-refractivity contribution in [1.82, 2.24) is 14.8 Å². The van der Waals surface area contributed by atoms with Crippen molar-refractivity contribution in [2.24, 2.45) is 7.05 Å². The number of aryl methyl sites for hydroxylation is 1. The van der Waals surface area contributed by atoms with Crippen LogP contribution in [0.15, 0.2) is 6.33 Å². The Morgan fingerprint density at radius 3 is 2.80 bits per heavy atom. The summed E-state index contributed by atoms with van der Waals surface area (Å²) in [6.07, 6.45) is 1.53. The third kappa shape index (κ3) is 1.72. The van der Waals surface area contributed by atoms with Crippen LogP contribution >= 0.6 is 0 Å². The van der Waals surface area contributed by atoms with Gasteiger partial charge in [-0.1, -0.05) is 7.43 Å². The van der Waals surface area contributed by atoms with Gasteiger partial charge in [0.1, 0.15) is 6.33 Å². The smallest absolute Gasteiger partial charge is 0.220 e. The van der Waals surface area contributed by atoms with Crippen molar-refractivity contribution in [3.63, 3.8) is 0 Å². The highest BCUT2D eigenvalue weighted by atomic mass is 15.4. The van der Waals surface area contributed by atoms with Crippen LogP contribution in [0, 0.1) is 0 Å². The number of aromatic nitrogens is 3. The third-order valence-electron chi connectivity index (χ3n) is 1.05. The van der Waals surface area contributed by atoms with E-state index in [1.165, 1.54) is 6.33 Å². The van der Waals surface area contributed by atoms with Crippen LogP contribution in [0.1, 0.15) is 14.4 Å². The van der Waals surface area contributed by atoms with Crippen molar-refractivity contribution in [2.45, 2.75) is 14.4 Å². The Kier molecular flexibility index (Phi) is 3.46. The van der Waals surface area contributed by atoms with Crippen LogP contribution in [0.2, 0.25) is 0 Å². The molecule has 58 valence electrons. The minimum absolute atomic E-state index is 0. The standard InChI is InChI=1S/C5H10N4.CH4/c1-3-6-5-7-4-8-9(5)2;/h4H,3H2,1-2H3,(H,6,7,8);1H4. The maximum atomic E-state index is 3.95. The van der Waals surface area contributed by atoms with E-state index in [9.17, 15) is 0 Å². The molecule has 0 unspecified atom stereocenters. The van der Waals surface area contributed by atoms with Crippen LogP contribution in [0.3, 0.4) is 0 Å². The second kappa shape index (κ2) is 3.87. The van der Waals surface area contributed by atoms with Gasteiger partial charge < -0.3 is 5.32 Å². The Morgan fingerprint density at radius 2 is 2.40 bits per heavy atom. The van der Waals surface area contributed by atoms with Crippen molar-refractivity contribution in [3.8, 4) is 0 Å². The summed E-state index contributed by atoms with van der Waals surface area (Å²) in [6, 6.07) is 0. The molecule has 0 aliphatic carbocycles. The molecule has 0 aliphatic heterocycles.